The molecule has 7 nitrogen and oxygen atoms in total. The van der Waals surface area contributed by atoms with E-state index >= 15 is 0 Å². The molecule has 0 aromatic rings. The number of esters is 2. The third-order valence-electron chi connectivity index (χ3n) is 11.5. The Morgan fingerprint density at radius 2 is 1.88 bits per heavy atom. The highest BCUT2D eigenvalue weighted by Gasteiger charge is 2.71. The van der Waals surface area contributed by atoms with Gasteiger partial charge in [0.25, 0.3) is 0 Å². The number of hydrogen-bond acceptors (Lipinski definition) is 7. The van der Waals surface area contributed by atoms with E-state index in [-0.39, 0.29) is 53.0 Å². The van der Waals surface area contributed by atoms with Gasteiger partial charge in [0.1, 0.15) is 6.10 Å². The van der Waals surface area contributed by atoms with Crippen LogP contribution in [0.5, 0.6) is 0 Å². The monoisotopic (exact) mass is 476 g/mol. The minimum Gasteiger partial charge on any atom is -0.459 e. The minimum atomic E-state index is -1.03. The van der Waals surface area contributed by atoms with Crippen molar-refractivity contribution >= 4 is 11.9 Å². The van der Waals surface area contributed by atoms with Crippen LogP contribution < -0.4 is 0 Å². The van der Waals surface area contributed by atoms with Gasteiger partial charge in [-0.1, -0.05) is 27.2 Å². The van der Waals surface area contributed by atoms with Gasteiger partial charge in [0.05, 0.1) is 6.42 Å². The Morgan fingerprint density at radius 3 is 2.62 bits per heavy atom. The van der Waals surface area contributed by atoms with Crippen LogP contribution in [0, 0.1) is 39.9 Å². The molecule has 11 atom stereocenters. The molecule has 190 valence electrons. The van der Waals surface area contributed by atoms with Gasteiger partial charge in [-0.2, -0.15) is 0 Å². The van der Waals surface area contributed by atoms with Gasteiger partial charge in [-0.05, 0) is 78.9 Å². The summed E-state index contributed by atoms with van der Waals surface area (Å²) in [5.74, 6) is 0.814. The van der Waals surface area contributed by atoms with Crippen LogP contribution in [0.1, 0.15) is 85.5 Å². The first-order valence-corrected chi connectivity index (χ1v) is 13.4. The van der Waals surface area contributed by atoms with Crippen molar-refractivity contribution in [3.8, 4) is 0 Å². The summed E-state index contributed by atoms with van der Waals surface area (Å²) in [7, 11) is 0. The number of carbonyl (C=O) groups excluding carboxylic acids is 2. The summed E-state index contributed by atoms with van der Waals surface area (Å²) < 4.78 is 24.2. The Morgan fingerprint density at radius 1 is 1.09 bits per heavy atom. The van der Waals surface area contributed by atoms with Gasteiger partial charge < -0.3 is 24.1 Å². The highest BCUT2D eigenvalue weighted by Crippen LogP contribution is 2.71. The molecule has 3 heterocycles. The van der Waals surface area contributed by atoms with E-state index in [2.05, 4.69) is 20.8 Å². The third kappa shape index (κ3) is 2.92. The standard InChI is InChI=1S/C27H40O7/c1-15(29)31-20-12-17-16(22-33-23-27(20,34-22)13-21(30)32-23)6-7-19-25(17,3)11-8-18-24(2,14-28)9-5-10-26(18,19)4/h16-20,22-23,28H,5-14H2,1-4H3. The predicted octanol–water partition coefficient (Wildman–Crippen LogP) is 3.95. The molecule has 0 aromatic heterocycles. The van der Waals surface area contributed by atoms with Crippen molar-refractivity contribution in [1.82, 2.24) is 0 Å². The fourth-order valence-electron chi connectivity index (χ4n) is 10.1. The van der Waals surface area contributed by atoms with Crippen molar-refractivity contribution < 1.29 is 33.6 Å². The van der Waals surface area contributed by atoms with Crippen LogP contribution in [0.4, 0.5) is 0 Å². The minimum absolute atomic E-state index is 0.00602. The third-order valence-corrected chi connectivity index (χ3v) is 11.5. The first kappa shape index (κ1) is 23.2. The summed E-state index contributed by atoms with van der Waals surface area (Å²) in [5.41, 5.74) is -0.788. The molecule has 0 radical (unpaired) electrons. The first-order valence-electron chi connectivity index (χ1n) is 13.4. The molecule has 1 N–H and O–H groups in total. The predicted molar refractivity (Wildman–Crippen MR) is 121 cm³/mol. The summed E-state index contributed by atoms with van der Waals surface area (Å²) >= 11 is 0. The second-order valence-electron chi connectivity index (χ2n) is 13.1. The maximum atomic E-state index is 12.2. The Hall–Kier alpha value is -1.18. The Kier molecular flexibility index (Phi) is 5.07. The first-order chi connectivity index (χ1) is 16.1. The van der Waals surface area contributed by atoms with Gasteiger partial charge in [-0.25, -0.2) is 0 Å². The van der Waals surface area contributed by atoms with Crippen LogP contribution in [-0.2, 0) is 28.5 Å². The average Bonchev–Trinajstić information content (AvgIpc) is 3.21. The van der Waals surface area contributed by atoms with Crippen LogP contribution in [0.25, 0.3) is 0 Å². The number of aliphatic hydroxyl groups is 1. The molecule has 3 aliphatic carbocycles. The molecular formula is C27H40O7. The lowest BCUT2D eigenvalue weighted by atomic mass is 9.38. The van der Waals surface area contributed by atoms with Gasteiger partial charge in [-0.3, -0.25) is 9.59 Å². The molecule has 34 heavy (non-hydrogen) atoms. The van der Waals surface area contributed by atoms with Crippen molar-refractivity contribution in [2.24, 2.45) is 39.9 Å². The number of aliphatic hydroxyl groups excluding tert-OH is 1. The topological polar surface area (TPSA) is 91.3 Å². The van der Waals surface area contributed by atoms with Crippen LogP contribution in [-0.4, -0.2) is 47.9 Å². The molecule has 7 heteroatoms. The molecule has 1 spiro atoms. The fourth-order valence-corrected chi connectivity index (χ4v) is 10.1. The molecule has 3 aliphatic heterocycles. The molecular weight excluding hydrogens is 436 g/mol. The Balaban J connectivity index is 1.38. The van der Waals surface area contributed by atoms with Gasteiger partial charge in [0.2, 0.25) is 6.29 Å². The molecule has 6 aliphatic rings. The zero-order valence-corrected chi connectivity index (χ0v) is 21.0. The molecule has 2 bridgehead atoms. The lowest BCUT2D eigenvalue weighted by Gasteiger charge is -2.67. The lowest BCUT2D eigenvalue weighted by Crippen LogP contribution is -2.61. The largest absolute Gasteiger partial charge is 0.459 e. The summed E-state index contributed by atoms with van der Waals surface area (Å²) in [5, 5.41) is 10.4. The summed E-state index contributed by atoms with van der Waals surface area (Å²) in [6.07, 6.45) is 6.78. The number of hydrogen-bond donors (Lipinski definition) is 1. The maximum absolute atomic E-state index is 12.2. The number of carbonyl (C=O) groups is 2. The summed E-state index contributed by atoms with van der Waals surface area (Å²) in [6.45, 7) is 8.93. The maximum Gasteiger partial charge on any atom is 0.311 e. The Labute approximate surface area is 202 Å². The van der Waals surface area contributed by atoms with E-state index < -0.39 is 24.3 Å². The second-order valence-corrected chi connectivity index (χ2v) is 13.1. The molecule has 0 amide bonds. The highest BCUT2D eigenvalue weighted by atomic mass is 16.8. The smallest absolute Gasteiger partial charge is 0.311 e. The summed E-state index contributed by atoms with van der Waals surface area (Å²) in [4.78, 5) is 24.4. The SMILES string of the molecule is CC(=O)OC1CC2C(CCC3C2(C)CCC2C(C)(CO)CCCC23C)C2OC3OC(=O)CC13O2. The van der Waals surface area contributed by atoms with E-state index in [0.717, 1.165) is 32.1 Å². The van der Waals surface area contributed by atoms with Gasteiger partial charge in [0, 0.05) is 19.4 Å². The second kappa shape index (κ2) is 7.42. The Bertz CT molecular complexity index is 890. The van der Waals surface area contributed by atoms with Crippen molar-refractivity contribution in [1.29, 1.82) is 0 Å². The van der Waals surface area contributed by atoms with Crippen molar-refractivity contribution in [2.75, 3.05) is 6.61 Å². The van der Waals surface area contributed by atoms with Crippen LogP contribution in [0.15, 0.2) is 0 Å². The highest BCUT2D eigenvalue weighted by molar-refractivity contribution is 5.74. The van der Waals surface area contributed by atoms with E-state index in [1.165, 1.54) is 19.8 Å². The molecule has 3 saturated heterocycles. The van der Waals surface area contributed by atoms with E-state index in [1.54, 1.807) is 0 Å². The molecule has 11 unspecified atom stereocenters. The van der Waals surface area contributed by atoms with Crippen molar-refractivity contribution in [3.05, 3.63) is 0 Å². The van der Waals surface area contributed by atoms with E-state index in [0.29, 0.717) is 18.3 Å². The fraction of sp³-hybridized carbons (Fsp3) is 0.926. The number of fused-ring (bicyclic) bond motifs is 7. The molecule has 6 rings (SSSR count). The molecule has 3 saturated carbocycles. The number of rotatable bonds is 2. The van der Waals surface area contributed by atoms with Crippen LogP contribution in [0.2, 0.25) is 0 Å². The van der Waals surface area contributed by atoms with Crippen LogP contribution >= 0.6 is 0 Å². The normalized spacial score (nSPS) is 55.8. The van der Waals surface area contributed by atoms with Crippen molar-refractivity contribution in [2.45, 2.75) is 110 Å². The zero-order valence-electron chi connectivity index (χ0n) is 21.0. The lowest BCUT2D eigenvalue weighted by molar-refractivity contribution is -0.225. The van der Waals surface area contributed by atoms with Gasteiger partial charge in [0.15, 0.2) is 11.9 Å². The molecule has 6 fully saturated rings. The van der Waals surface area contributed by atoms with Gasteiger partial charge in [-0.15, -0.1) is 0 Å². The van der Waals surface area contributed by atoms with E-state index in [1.807, 2.05) is 0 Å². The quantitative estimate of drug-likeness (QED) is 0.603. The number of ether oxygens (including phenoxy) is 4. The molecule has 0 aromatic carbocycles. The zero-order chi connectivity index (χ0) is 24.1. The summed E-state index contributed by atoms with van der Waals surface area (Å²) in [6, 6.07) is 0. The average molecular weight is 477 g/mol. The van der Waals surface area contributed by atoms with Crippen molar-refractivity contribution in [3.63, 3.8) is 0 Å². The van der Waals surface area contributed by atoms with Crippen LogP contribution in [0.3, 0.4) is 0 Å². The van der Waals surface area contributed by atoms with E-state index in [4.69, 9.17) is 18.9 Å². The van der Waals surface area contributed by atoms with Gasteiger partial charge >= 0.3 is 11.9 Å². The van der Waals surface area contributed by atoms with E-state index in [9.17, 15) is 14.7 Å².